The Hall–Kier alpha value is -2.12. The van der Waals surface area contributed by atoms with Crippen LogP contribution in [-0.4, -0.2) is 36.4 Å². The third kappa shape index (κ3) is 5.98. The van der Waals surface area contributed by atoms with Crippen molar-refractivity contribution >= 4 is 83.5 Å². The number of fused-ring (bicyclic) bond motifs is 1. The lowest BCUT2D eigenvalue weighted by molar-refractivity contribution is -0.139. The van der Waals surface area contributed by atoms with Crippen molar-refractivity contribution in [3.63, 3.8) is 0 Å². The number of benzene rings is 2. The maximum absolute atomic E-state index is 12.4. The third-order valence-electron chi connectivity index (χ3n) is 3.84. The smallest absolute Gasteiger partial charge is 0.341 e. The van der Waals surface area contributed by atoms with Crippen LogP contribution in [0.25, 0.3) is 11.0 Å². The van der Waals surface area contributed by atoms with Crippen LogP contribution < -0.4 is 14.9 Å². The average Bonchev–Trinajstić information content (AvgIpc) is 3.13. The van der Waals surface area contributed by atoms with Crippen molar-refractivity contribution in [3.05, 3.63) is 54.2 Å². The number of nitrogens with zero attached hydrogens (tertiary/aromatic N) is 1. The molecule has 0 atom stereocenters. The second-order valence-corrected chi connectivity index (χ2v) is 8.98. The molecule has 1 amide bonds. The lowest BCUT2D eigenvalue weighted by atomic mass is 10.2. The summed E-state index contributed by atoms with van der Waals surface area (Å²) in [4.78, 5) is 23.2. The Labute approximate surface area is 207 Å². The van der Waals surface area contributed by atoms with Crippen LogP contribution in [0.3, 0.4) is 0 Å². The predicted molar refractivity (Wildman–Crippen MR) is 130 cm³/mol. The molecule has 3 rings (SSSR count). The fourth-order valence-electron chi connectivity index (χ4n) is 2.57. The largest absolute Gasteiger partial charge is 0.490 e. The Balaban J connectivity index is 1.76. The highest BCUT2D eigenvalue weighted by Crippen LogP contribution is 2.33. The molecule has 0 aliphatic heterocycles. The molecular formula is C20H15Br2IN2O6. The molecule has 1 heterocycles. The van der Waals surface area contributed by atoms with Gasteiger partial charge in [0.1, 0.15) is 5.58 Å². The molecule has 31 heavy (non-hydrogen) atoms. The van der Waals surface area contributed by atoms with E-state index in [9.17, 15) is 9.59 Å². The average molecular weight is 666 g/mol. The molecule has 0 aliphatic rings. The van der Waals surface area contributed by atoms with E-state index in [2.05, 4.69) is 65.0 Å². The fourth-order valence-corrected chi connectivity index (χ4v) is 4.66. The molecule has 0 saturated heterocycles. The van der Waals surface area contributed by atoms with E-state index >= 15 is 0 Å². The first kappa shape index (κ1) is 23.5. The number of ether oxygens (including phenoxy) is 2. The van der Waals surface area contributed by atoms with Crippen LogP contribution in [0.15, 0.2) is 48.8 Å². The Bertz CT molecular complexity index is 1180. The Morgan fingerprint density at radius 1 is 1.19 bits per heavy atom. The number of furan rings is 1. The molecule has 0 fully saturated rings. The molecule has 0 aliphatic carbocycles. The molecule has 0 spiro atoms. The van der Waals surface area contributed by atoms with Crippen LogP contribution in [0.5, 0.6) is 11.5 Å². The molecule has 2 N–H and O–H groups in total. The van der Waals surface area contributed by atoms with Crippen LogP contribution in [0.4, 0.5) is 0 Å². The van der Waals surface area contributed by atoms with Gasteiger partial charge in [0.2, 0.25) is 0 Å². The van der Waals surface area contributed by atoms with Crippen LogP contribution in [-0.2, 0) is 4.79 Å². The monoisotopic (exact) mass is 664 g/mol. The van der Waals surface area contributed by atoms with Gasteiger partial charge in [-0.1, -0.05) is 15.9 Å². The maximum Gasteiger partial charge on any atom is 0.341 e. The summed E-state index contributed by atoms with van der Waals surface area (Å²) in [5, 5.41) is 13.6. The highest BCUT2D eigenvalue weighted by Gasteiger charge is 2.15. The number of carbonyl (C=O) groups excluding carboxylic acids is 1. The van der Waals surface area contributed by atoms with Crippen molar-refractivity contribution in [3.8, 4) is 11.5 Å². The van der Waals surface area contributed by atoms with Gasteiger partial charge >= 0.3 is 11.9 Å². The van der Waals surface area contributed by atoms with Crippen LogP contribution >= 0.6 is 54.5 Å². The van der Waals surface area contributed by atoms with Crippen molar-refractivity contribution in [2.45, 2.75) is 6.92 Å². The molecule has 0 bridgehead atoms. The quantitative estimate of drug-likeness (QED) is 0.195. The predicted octanol–water partition coefficient (Wildman–Crippen LogP) is 5.19. The molecule has 11 heteroatoms. The summed E-state index contributed by atoms with van der Waals surface area (Å²) in [5.74, 6) is -0.825. The van der Waals surface area contributed by atoms with E-state index in [1.165, 1.54) is 6.21 Å². The molecular weight excluding hydrogens is 651 g/mol. The Kier molecular flexibility index (Phi) is 7.94. The van der Waals surface area contributed by atoms with Crippen molar-refractivity contribution < 1.29 is 28.6 Å². The van der Waals surface area contributed by atoms with Gasteiger partial charge < -0.3 is 19.0 Å². The summed E-state index contributed by atoms with van der Waals surface area (Å²) in [6.45, 7) is 1.66. The lowest BCUT2D eigenvalue weighted by Gasteiger charge is -2.12. The minimum Gasteiger partial charge on any atom is -0.490 e. The van der Waals surface area contributed by atoms with Crippen LogP contribution in [0.1, 0.15) is 23.0 Å². The first-order chi connectivity index (χ1) is 14.8. The van der Waals surface area contributed by atoms with Gasteiger partial charge in [0, 0.05) is 19.9 Å². The van der Waals surface area contributed by atoms with E-state index in [4.69, 9.17) is 19.0 Å². The van der Waals surface area contributed by atoms with E-state index in [-0.39, 0.29) is 11.5 Å². The Morgan fingerprint density at radius 3 is 2.65 bits per heavy atom. The van der Waals surface area contributed by atoms with Crippen molar-refractivity contribution in [1.29, 1.82) is 0 Å². The SMILES string of the molecule is CCOc1cc(/C=N\NC(=O)c2cc3cc(Br)cc(I)c3o2)c(Br)cc1OCC(=O)O. The zero-order valence-electron chi connectivity index (χ0n) is 15.9. The minimum absolute atomic E-state index is 0.134. The first-order valence-corrected chi connectivity index (χ1v) is 11.5. The highest BCUT2D eigenvalue weighted by molar-refractivity contribution is 14.1. The normalized spacial score (nSPS) is 11.1. The molecule has 8 nitrogen and oxygen atoms in total. The van der Waals surface area contributed by atoms with Gasteiger partial charge in [0.15, 0.2) is 23.9 Å². The minimum atomic E-state index is -1.10. The van der Waals surface area contributed by atoms with E-state index in [1.807, 2.05) is 12.1 Å². The molecule has 0 saturated carbocycles. The summed E-state index contributed by atoms with van der Waals surface area (Å²) < 4.78 is 18.8. The number of hydrogen-bond acceptors (Lipinski definition) is 6. The standard InChI is InChI=1S/C20H15Br2IN2O6/c1-2-29-15-5-11(13(22)7-16(15)30-9-18(26)27)8-24-25-20(28)17-4-10-3-12(21)6-14(23)19(10)31-17/h3-8H,2,9H2,1H3,(H,25,28)(H,26,27)/b24-8-. The second kappa shape index (κ2) is 10.5. The first-order valence-electron chi connectivity index (χ1n) is 8.81. The number of hydrogen-bond donors (Lipinski definition) is 2. The fraction of sp³-hybridized carbons (Fsp3) is 0.150. The van der Waals surface area contributed by atoms with Crippen LogP contribution in [0, 0.1) is 3.57 Å². The third-order valence-corrected chi connectivity index (χ3v) is 5.79. The van der Waals surface area contributed by atoms with Gasteiger partial charge in [0.25, 0.3) is 0 Å². The molecule has 0 radical (unpaired) electrons. The zero-order valence-corrected chi connectivity index (χ0v) is 21.3. The van der Waals surface area contributed by atoms with Crippen molar-refractivity contribution in [2.75, 3.05) is 13.2 Å². The molecule has 3 aromatic rings. The van der Waals surface area contributed by atoms with Gasteiger partial charge in [-0.25, -0.2) is 10.2 Å². The number of amides is 1. The van der Waals surface area contributed by atoms with E-state index in [1.54, 1.807) is 25.1 Å². The molecule has 162 valence electrons. The van der Waals surface area contributed by atoms with Crippen LogP contribution in [0.2, 0.25) is 0 Å². The second-order valence-electron chi connectivity index (χ2n) is 6.05. The van der Waals surface area contributed by atoms with Gasteiger partial charge in [-0.3, -0.25) is 4.79 Å². The number of carboxylic acids is 1. The van der Waals surface area contributed by atoms with Gasteiger partial charge in [-0.05, 0) is 75.8 Å². The topological polar surface area (TPSA) is 110 Å². The molecule has 2 aromatic carbocycles. The summed E-state index contributed by atoms with van der Waals surface area (Å²) in [6.07, 6.45) is 1.43. The van der Waals surface area contributed by atoms with Crippen molar-refractivity contribution in [1.82, 2.24) is 5.43 Å². The number of rotatable bonds is 8. The van der Waals surface area contributed by atoms with Gasteiger partial charge in [-0.15, -0.1) is 0 Å². The number of nitrogens with one attached hydrogen (secondary N) is 1. The van der Waals surface area contributed by atoms with E-state index in [0.29, 0.717) is 28.0 Å². The molecule has 0 unspecified atom stereocenters. The summed E-state index contributed by atoms with van der Waals surface area (Å²) >= 11 is 8.94. The summed E-state index contributed by atoms with van der Waals surface area (Å²) in [5.41, 5.74) is 3.64. The van der Waals surface area contributed by atoms with Crippen molar-refractivity contribution in [2.24, 2.45) is 5.10 Å². The number of carboxylic acid groups (broad SMARTS) is 1. The number of hydrazone groups is 1. The van der Waals surface area contributed by atoms with Gasteiger partial charge in [0.05, 0.1) is 16.4 Å². The number of halogens is 3. The Morgan fingerprint density at radius 2 is 1.94 bits per heavy atom. The van der Waals surface area contributed by atoms with E-state index < -0.39 is 18.5 Å². The number of carbonyl (C=O) groups is 2. The summed E-state index contributed by atoms with van der Waals surface area (Å²) in [7, 11) is 0. The summed E-state index contributed by atoms with van der Waals surface area (Å²) in [6, 6.07) is 8.60. The van der Waals surface area contributed by atoms with E-state index in [0.717, 1.165) is 13.4 Å². The van der Waals surface area contributed by atoms with Gasteiger partial charge in [-0.2, -0.15) is 5.10 Å². The highest BCUT2D eigenvalue weighted by atomic mass is 127. The zero-order chi connectivity index (χ0) is 22.5. The maximum atomic E-state index is 12.4. The lowest BCUT2D eigenvalue weighted by Crippen LogP contribution is -2.16. The number of aliphatic carboxylic acids is 1. The molecule has 1 aromatic heterocycles.